The topological polar surface area (TPSA) is 48.7 Å². The molecular weight excluding hydrogens is 238 g/mol. The van der Waals surface area contributed by atoms with Crippen LogP contribution in [0.25, 0.3) is 0 Å². The van der Waals surface area contributed by atoms with Crippen LogP contribution in [0, 0.1) is 6.92 Å². The number of nitrogens with zero attached hydrogens (tertiary/aromatic N) is 3. The molecule has 1 aromatic heterocycles. The van der Waals surface area contributed by atoms with Crippen molar-refractivity contribution >= 4 is 17.7 Å². The molecule has 1 N–H and O–H groups in total. The van der Waals surface area contributed by atoms with Gasteiger partial charge in [-0.3, -0.25) is 0 Å². The first kappa shape index (κ1) is 11.7. The van der Waals surface area contributed by atoms with Crippen LogP contribution in [0.5, 0.6) is 0 Å². The Hall–Kier alpha value is -2.36. The number of fused-ring (bicyclic) bond motifs is 1. The number of anilines is 2. The summed E-state index contributed by atoms with van der Waals surface area (Å²) in [6, 6.07) is 12.3. The second-order valence-electron chi connectivity index (χ2n) is 4.62. The van der Waals surface area contributed by atoms with Crippen molar-refractivity contribution in [2.24, 2.45) is 5.16 Å². The number of para-hydroxylation sites is 1. The van der Waals surface area contributed by atoms with Crippen LogP contribution in [0.2, 0.25) is 0 Å². The Kier molecular flexibility index (Phi) is 2.91. The van der Waals surface area contributed by atoms with Crippen LogP contribution in [0.15, 0.2) is 41.6 Å². The zero-order chi connectivity index (χ0) is 13.2. The monoisotopic (exact) mass is 253 g/mol. The van der Waals surface area contributed by atoms with E-state index in [2.05, 4.69) is 39.3 Å². The molecule has 0 spiro atoms. The highest BCUT2D eigenvalue weighted by Crippen LogP contribution is 2.33. The molecule has 1 aromatic carbocycles. The molecule has 1 aliphatic rings. The van der Waals surface area contributed by atoms with Gasteiger partial charge in [-0.2, -0.15) is 0 Å². The normalized spacial score (nSPS) is 14.1. The number of rotatable bonds is 2. The number of aryl methyl sites for hydroxylation is 1. The van der Waals surface area contributed by atoms with Crippen molar-refractivity contribution in [3.05, 3.63) is 53.2 Å². The molecule has 0 atom stereocenters. The lowest BCUT2D eigenvalue weighted by Gasteiger charge is -2.19. The molecule has 0 saturated carbocycles. The van der Waals surface area contributed by atoms with E-state index in [4.69, 9.17) is 5.21 Å². The van der Waals surface area contributed by atoms with E-state index in [1.807, 2.05) is 19.1 Å². The lowest BCUT2D eigenvalue weighted by molar-refractivity contribution is 0.322. The van der Waals surface area contributed by atoms with Gasteiger partial charge in [-0.05, 0) is 37.1 Å². The zero-order valence-corrected chi connectivity index (χ0v) is 10.7. The summed E-state index contributed by atoms with van der Waals surface area (Å²) in [5.74, 6) is 0.942. The zero-order valence-electron chi connectivity index (χ0n) is 10.7. The number of benzene rings is 1. The van der Waals surface area contributed by atoms with E-state index in [0.717, 1.165) is 30.0 Å². The van der Waals surface area contributed by atoms with Gasteiger partial charge < -0.3 is 10.1 Å². The van der Waals surface area contributed by atoms with E-state index in [9.17, 15) is 0 Å². The van der Waals surface area contributed by atoms with Gasteiger partial charge in [0, 0.05) is 23.5 Å². The number of hydrogen-bond donors (Lipinski definition) is 1. The smallest absolute Gasteiger partial charge is 0.133 e. The van der Waals surface area contributed by atoms with Crippen LogP contribution in [0.1, 0.15) is 16.8 Å². The van der Waals surface area contributed by atoms with Crippen LogP contribution in [-0.4, -0.2) is 23.0 Å². The van der Waals surface area contributed by atoms with Gasteiger partial charge in [0.25, 0.3) is 0 Å². The molecule has 0 radical (unpaired) electrons. The maximum absolute atomic E-state index is 8.59. The van der Waals surface area contributed by atoms with Crippen molar-refractivity contribution in [3.63, 3.8) is 0 Å². The van der Waals surface area contributed by atoms with Crippen molar-refractivity contribution in [3.8, 4) is 0 Å². The second-order valence-corrected chi connectivity index (χ2v) is 4.62. The van der Waals surface area contributed by atoms with Gasteiger partial charge in [0.15, 0.2) is 0 Å². The third-order valence-electron chi connectivity index (χ3n) is 3.47. The Bertz CT molecular complexity index is 637. The van der Waals surface area contributed by atoms with Gasteiger partial charge in [0.2, 0.25) is 0 Å². The molecule has 0 saturated heterocycles. The van der Waals surface area contributed by atoms with E-state index < -0.39 is 0 Å². The van der Waals surface area contributed by atoms with Crippen molar-refractivity contribution < 1.29 is 5.21 Å². The minimum Gasteiger partial charge on any atom is -0.411 e. The van der Waals surface area contributed by atoms with Gasteiger partial charge in [-0.15, -0.1) is 0 Å². The summed E-state index contributed by atoms with van der Waals surface area (Å²) >= 11 is 0. The Balaban J connectivity index is 1.98. The molecule has 0 bridgehead atoms. The Morgan fingerprint density at radius 1 is 1.26 bits per heavy atom. The first-order chi connectivity index (χ1) is 9.29. The van der Waals surface area contributed by atoms with Gasteiger partial charge in [-0.25, -0.2) is 4.98 Å². The highest BCUT2D eigenvalue weighted by molar-refractivity contribution is 5.81. The fourth-order valence-electron chi connectivity index (χ4n) is 2.48. The quantitative estimate of drug-likeness (QED) is 0.508. The Morgan fingerprint density at radius 2 is 2.11 bits per heavy atom. The highest BCUT2D eigenvalue weighted by Gasteiger charge is 2.20. The summed E-state index contributed by atoms with van der Waals surface area (Å²) in [4.78, 5) is 6.82. The maximum atomic E-state index is 8.59. The van der Waals surface area contributed by atoms with Gasteiger partial charge in [0.1, 0.15) is 5.82 Å². The minimum atomic E-state index is 0.832. The van der Waals surface area contributed by atoms with E-state index >= 15 is 0 Å². The van der Waals surface area contributed by atoms with Crippen LogP contribution in [-0.2, 0) is 6.42 Å². The molecule has 0 fully saturated rings. The van der Waals surface area contributed by atoms with Gasteiger partial charge in [-0.1, -0.05) is 23.4 Å². The maximum Gasteiger partial charge on any atom is 0.133 e. The predicted molar refractivity (Wildman–Crippen MR) is 75.5 cm³/mol. The average molecular weight is 253 g/mol. The molecule has 2 aromatic rings. The molecule has 3 rings (SSSR count). The molecule has 4 nitrogen and oxygen atoms in total. The van der Waals surface area contributed by atoms with E-state index in [0.29, 0.717) is 0 Å². The molecule has 0 unspecified atom stereocenters. The van der Waals surface area contributed by atoms with Crippen LogP contribution >= 0.6 is 0 Å². The van der Waals surface area contributed by atoms with Crippen molar-refractivity contribution in [2.45, 2.75) is 13.3 Å². The van der Waals surface area contributed by atoms with Gasteiger partial charge >= 0.3 is 0 Å². The fraction of sp³-hybridized carbons (Fsp3) is 0.200. The fourth-order valence-corrected chi connectivity index (χ4v) is 2.48. The van der Waals surface area contributed by atoms with E-state index in [-0.39, 0.29) is 0 Å². The standard InChI is InChI=1S/C15H15N3O/c1-11-13(10-16-19)6-7-15(17-11)18-9-8-12-4-2-3-5-14(12)18/h2-7,10,19H,8-9H2,1H3/b16-10+. The Morgan fingerprint density at radius 3 is 2.89 bits per heavy atom. The summed E-state index contributed by atoms with van der Waals surface area (Å²) in [6.07, 6.45) is 2.46. The van der Waals surface area contributed by atoms with Crippen molar-refractivity contribution in [1.29, 1.82) is 0 Å². The summed E-state index contributed by atoms with van der Waals surface area (Å²) in [5.41, 5.74) is 4.29. The van der Waals surface area contributed by atoms with Crippen LogP contribution in [0.3, 0.4) is 0 Å². The second kappa shape index (κ2) is 4.72. The van der Waals surface area contributed by atoms with Gasteiger partial charge in [0.05, 0.1) is 6.21 Å². The largest absolute Gasteiger partial charge is 0.411 e. The molecule has 96 valence electrons. The molecule has 1 aliphatic heterocycles. The first-order valence-electron chi connectivity index (χ1n) is 6.30. The summed E-state index contributed by atoms with van der Waals surface area (Å²) in [5, 5.41) is 11.6. The first-order valence-corrected chi connectivity index (χ1v) is 6.30. The molecule has 19 heavy (non-hydrogen) atoms. The minimum absolute atomic E-state index is 0.832. The molecule has 2 heterocycles. The Labute approximate surface area is 112 Å². The number of aromatic nitrogens is 1. The third-order valence-corrected chi connectivity index (χ3v) is 3.47. The number of hydrogen-bond acceptors (Lipinski definition) is 4. The number of oxime groups is 1. The lowest BCUT2D eigenvalue weighted by atomic mass is 10.2. The summed E-state index contributed by atoms with van der Waals surface area (Å²) < 4.78 is 0. The average Bonchev–Trinajstić information content (AvgIpc) is 2.85. The molecule has 0 aliphatic carbocycles. The van der Waals surface area contributed by atoms with Crippen molar-refractivity contribution in [1.82, 2.24) is 4.98 Å². The summed E-state index contributed by atoms with van der Waals surface area (Å²) in [6.45, 7) is 2.88. The van der Waals surface area contributed by atoms with Crippen LogP contribution < -0.4 is 4.90 Å². The predicted octanol–water partition coefficient (Wildman–Crippen LogP) is 2.89. The molecule has 0 amide bonds. The van der Waals surface area contributed by atoms with Crippen molar-refractivity contribution in [2.75, 3.05) is 11.4 Å². The van der Waals surface area contributed by atoms with E-state index in [1.54, 1.807) is 0 Å². The molecular formula is C15H15N3O. The summed E-state index contributed by atoms with van der Waals surface area (Å²) in [7, 11) is 0. The lowest BCUT2D eigenvalue weighted by Crippen LogP contribution is -2.15. The SMILES string of the molecule is Cc1nc(N2CCc3ccccc32)ccc1/C=N/O. The van der Waals surface area contributed by atoms with Crippen LogP contribution in [0.4, 0.5) is 11.5 Å². The van der Waals surface area contributed by atoms with E-state index in [1.165, 1.54) is 17.5 Å². The highest BCUT2D eigenvalue weighted by atomic mass is 16.4. The number of pyridine rings is 1. The molecule has 4 heteroatoms. The third kappa shape index (κ3) is 2.05.